The summed E-state index contributed by atoms with van der Waals surface area (Å²) in [5, 5.41) is 4.07. The van der Waals surface area contributed by atoms with Crippen LogP contribution in [0.2, 0.25) is 0 Å². The number of fused-ring (bicyclic) bond motifs is 1. The molecule has 6 heteroatoms. The fourth-order valence-electron chi connectivity index (χ4n) is 3.74. The van der Waals surface area contributed by atoms with Crippen LogP contribution >= 0.6 is 0 Å². The molecule has 4 rings (SSSR count). The van der Waals surface area contributed by atoms with Crippen molar-refractivity contribution in [2.75, 3.05) is 39.8 Å². The van der Waals surface area contributed by atoms with Crippen LogP contribution < -0.4 is 0 Å². The number of carbonyl (C=O) groups is 1. The molecule has 1 fully saturated rings. The minimum absolute atomic E-state index is 0.0392. The smallest absolute Gasteiger partial charge is 0.173 e. The highest BCUT2D eigenvalue weighted by molar-refractivity contribution is 6.04. The van der Waals surface area contributed by atoms with E-state index in [1.807, 2.05) is 0 Å². The Bertz CT molecular complexity index is 781. The van der Waals surface area contributed by atoms with E-state index in [1.54, 1.807) is 12.1 Å². The van der Waals surface area contributed by atoms with E-state index in [9.17, 15) is 9.18 Å². The normalized spacial score (nSPS) is 22.2. The van der Waals surface area contributed by atoms with E-state index in [0.717, 1.165) is 39.1 Å². The Labute approximate surface area is 146 Å². The molecule has 0 saturated carbocycles. The van der Waals surface area contributed by atoms with Gasteiger partial charge in [0.15, 0.2) is 5.78 Å². The number of likely N-dealkylation sites (N-methyl/N-ethyl adjacent to an activating group) is 1. The average Bonchev–Trinajstić information content (AvgIpc) is 3.04. The fourth-order valence-corrected chi connectivity index (χ4v) is 3.74. The van der Waals surface area contributed by atoms with Gasteiger partial charge in [-0.2, -0.15) is 0 Å². The SMILES string of the molecule is CN1CCN(CC2CCc3onc(-c4cccc(F)c4)c3C2=O)CC1. The third-order valence-electron chi connectivity index (χ3n) is 5.27. The van der Waals surface area contributed by atoms with Crippen LogP contribution in [0.25, 0.3) is 11.3 Å². The number of hydrogen-bond acceptors (Lipinski definition) is 5. The van der Waals surface area contributed by atoms with E-state index in [-0.39, 0.29) is 17.5 Å². The zero-order valence-corrected chi connectivity index (χ0v) is 14.4. The molecule has 2 heterocycles. The predicted octanol–water partition coefficient (Wildman–Crippen LogP) is 2.47. The van der Waals surface area contributed by atoms with Gasteiger partial charge in [-0.1, -0.05) is 17.3 Å². The van der Waals surface area contributed by atoms with Gasteiger partial charge < -0.3 is 14.3 Å². The van der Waals surface area contributed by atoms with Crippen molar-refractivity contribution < 1.29 is 13.7 Å². The van der Waals surface area contributed by atoms with Gasteiger partial charge >= 0.3 is 0 Å². The lowest BCUT2D eigenvalue weighted by molar-refractivity contribution is 0.0806. The van der Waals surface area contributed by atoms with Crippen molar-refractivity contribution in [1.29, 1.82) is 0 Å². The largest absolute Gasteiger partial charge is 0.360 e. The molecule has 5 nitrogen and oxygen atoms in total. The van der Waals surface area contributed by atoms with Crippen LogP contribution in [0.1, 0.15) is 22.5 Å². The number of nitrogens with zero attached hydrogens (tertiary/aromatic N) is 3. The summed E-state index contributed by atoms with van der Waals surface area (Å²) < 4.78 is 18.9. The molecular weight excluding hydrogens is 321 g/mol. The molecule has 1 aromatic carbocycles. The molecule has 0 N–H and O–H groups in total. The average molecular weight is 343 g/mol. The number of carbonyl (C=O) groups excluding carboxylic acids is 1. The number of rotatable bonds is 3. The highest BCUT2D eigenvalue weighted by atomic mass is 19.1. The van der Waals surface area contributed by atoms with Crippen LogP contribution in [-0.2, 0) is 6.42 Å². The van der Waals surface area contributed by atoms with Crippen LogP contribution in [0.3, 0.4) is 0 Å². The van der Waals surface area contributed by atoms with Gasteiger partial charge in [-0.25, -0.2) is 4.39 Å². The highest BCUT2D eigenvalue weighted by Crippen LogP contribution is 2.34. The summed E-state index contributed by atoms with van der Waals surface area (Å²) in [5.74, 6) is 0.341. The standard InChI is InChI=1S/C19H22FN3O2/c1-22-7-9-23(10-8-22)12-14-5-6-16-17(19(14)24)18(21-25-16)13-3-2-4-15(20)11-13/h2-4,11,14H,5-10,12H2,1H3. The van der Waals surface area contributed by atoms with E-state index in [0.29, 0.717) is 29.0 Å². The summed E-state index contributed by atoms with van der Waals surface area (Å²) in [6.45, 7) is 4.84. The van der Waals surface area contributed by atoms with Gasteiger partial charge in [0.1, 0.15) is 17.3 Å². The molecule has 0 bridgehead atoms. The first kappa shape index (κ1) is 16.4. The van der Waals surface area contributed by atoms with E-state index in [1.165, 1.54) is 12.1 Å². The van der Waals surface area contributed by atoms with Crippen LogP contribution in [0, 0.1) is 11.7 Å². The molecule has 2 aromatic rings. The summed E-state index contributed by atoms with van der Waals surface area (Å²) in [7, 11) is 2.12. The van der Waals surface area contributed by atoms with E-state index < -0.39 is 0 Å². The third-order valence-corrected chi connectivity index (χ3v) is 5.27. The molecule has 0 spiro atoms. The van der Waals surface area contributed by atoms with Gasteiger partial charge in [0.25, 0.3) is 0 Å². The number of aryl methyl sites for hydroxylation is 1. The number of aromatic nitrogens is 1. The number of hydrogen-bond donors (Lipinski definition) is 0. The predicted molar refractivity (Wildman–Crippen MR) is 92.0 cm³/mol. The summed E-state index contributed by atoms with van der Waals surface area (Å²) >= 11 is 0. The minimum Gasteiger partial charge on any atom is -0.360 e. The summed E-state index contributed by atoms with van der Waals surface area (Å²) in [6.07, 6.45) is 1.50. The molecule has 1 aromatic heterocycles. The van der Waals surface area contributed by atoms with Crippen molar-refractivity contribution in [3.63, 3.8) is 0 Å². The van der Waals surface area contributed by atoms with Crippen LogP contribution in [0.4, 0.5) is 4.39 Å². The number of Topliss-reactive ketones (excluding diaryl/α,β-unsaturated/α-hetero) is 1. The van der Waals surface area contributed by atoms with Crippen molar-refractivity contribution in [1.82, 2.24) is 15.0 Å². The lowest BCUT2D eigenvalue weighted by atomic mass is 9.84. The van der Waals surface area contributed by atoms with Crippen molar-refractivity contribution in [2.24, 2.45) is 5.92 Å². The first-order valence-electron chi connectivity index (χ1n) is 8.81. The van der Waals surface area contributed by atoms with Crippen LogP contribution in [0.5, 0.6) is 0 Å². The fraction of sp³-hybridized carbons (Fsp3) is 0.474. The third kappa shape index (κ3) is 3.24. The van der Waals surface area contributed by atoms with Crippen molar-refractivity contribution in [3.05, 3.63) is 41.4 Å². The van der Waals surface area contributed by atoms with E-state index >= 15 is 0 Å². The summed E-state index contributed by atoms with van der Waals surface area (Å²) in [5.41, 5.74) is 1.62. The molecule has 1 aliphatic carbocycles. The molecule has 1 atom stereocenters. The first-order chi connectivity index (χ1) is 12.1. The lowest BCUT2D eigenvalue weighted by Crippen LogP contribution is -2.47. The second kappa shape index (κ2) is 6.69. The molecule has 1 unspecified atom stereocenters. The molecule has 132 valence electrons. The van der Waals surface area contributed by atoms with Gasteiger partial charge in [-0.05, 0) is 25.6 Å². The van der Waals surface area contributed by atoms with Crippen molar-refractivity contribution in [2.45, 2.75) is 12.8 Å². The Balaban J connectivity index is 1.56. The molecule has 25 heavy (non-hydrogen) atoms. The van der Waals surface area contributed by atoms with Crippen molar-refractivity contribution in [3.8, 4) is 11.3 Å². The second-order valence-corrected chi connectivity index (χ2v) is 7.04. The Morgan fingerprint density at radius 3 is 2.84 bits per heavy atom. The van der Waals surface area contributed by atoms with Crippen LogP contribution in [0.15, 0.2) is 28.8 Å². The molecule has 0 amide bonds. The maximum absolute atomic E-state index is 13.6. The number of halogens is 1. The maximum atomic E-state index is 13.6. The highest BCUT2D eigenvalue weighted by Gasteiger charge is 2.35. The monoisotopic (exact) mass is 343 g/mol. The lowest BCUT2D eigenvalue weighted by Gasteiger charge is -2.35. The Morgan fingerprint density at radius 2 is 2.08 bits per heavy atom. The number of benzene rings is 1. The van der Waals surface area contributed by atoms with Crippen LogP contribution in [-0.4, -0.2) is 60.5 Å². The Kier molecular flexibility index (Phi) is 4.39. The van der Waals surface area contributed by atoms with Gasteiger partial charge in [0.2, 0.25) is 0 Å². The van der Waals surface area contributed by atoms with E-state index in [4.69, 9.17) is 4.52 Å². The zero-order valence-electron chi connectivity index (χ0n) is 14.4. The topological polar surface area (TPSA) is 49.6 Å². The maximum Gasteiger partial charge on any atom is 0.173 e. The number of piperazine rings is 1. The molecule has 2 aliphatic rings. The van der Waals surface area contributed by atoms with Gasteiger partial charge in [-0.3, -0.25) is 4.79 Å². The first-order valence-corrected chi connectivity index (χ1v) is 8.81. The molecular formula is C19H22FN3O2. The Hall–Kier alpha value is -2.05. The summed E-state index contributed by atoms with van der Waals surface area (Å²) in [6, 6.07) is 6.17. The van der Waals surface area contributed by atoms with Gasteiger partial charge in [0.05, 0.1) is 5.56 Å². The molecule has 1 saturated heterocycles. The zero-order chi connectivity index (χ0) is 17.4. The molecule has 0 radical (unpaired) electrons. The van der Waals surface area contributed by atoms with Gasteiger partial charge in [-0.15, -0.1) is 0 Å². The minimum atomic E-state index is -0.341. The molecule has 1 aliphatic heterocycles. The Morgan fingerprint density at radius 1 is 1.28 bits per heavy atom. The van der Waals surface area contributed by atoms with Crippen molar-refractivity contribution >= 4 is 5.78 Å². The van der Waals surface area contributed by atoms with E-state index in [2.05, 4.69) is 22.0 Å². The quantitative estimate of drug-likeness (QED) is 0.857. The number of ketones is 1. The second-order valence-electron chi connectivity index (χ2n) is 7.04. The van der Waals surface area contributed by atoms with Gasteiger partial charge in [0, 0.05) is 50.6 Å². The summed E-state index contributed by atoms with van der Waals surface area (Å²) in [4.78, 5) is 17.7.